The third-order valence-electron chi connectivity index (χ3n) is 3.09. The molecule has 0 radical (unpaired) electrons. The van der Waals surface area contributed by atoms with Crippen molar-refractivity contribution in [2.24, 2.45) is 0 Å². The van der Waals surface area contributed by atoms with Crippen LogP contribution in [0.5, 0.6) is 0 Å². The third kappa shape index (κ3) is 3.87. The Bertz CT molecular complexity index is 495. The summed E-state index contributed by atoms with van der Waals surface area (Å²) in [6.07, 6.45) is 2.16. The topological polar surface area (TPSA) is 20.3 Å². The van der Waals surface area contributed by atoms with Crippen LogP contribution in [0.25, 0.3) is 0 Å². The minimum atomic E-state index is -0.536. The van der Waals surface area contributed by atoms with Crippen molar-refractivity contribution in [2.45, 2.75) is 43.6 Å². The molecule has 1 aliphatic carbocycles. The summed E-state index contributed by atoms with van der Waals surface area (Å²) in [4.78, 5) is 14.3. The van der Waals surface area contributed by atoms with Gasteiger partial charge in [0.2, 0.25) is 5.91 Å². The van der Waals surface area contributed by atoms with Crippen LogP contribution in [0.1, 0.15) is 32.3 Å². The van der Waals surface area contributed by atoms with Crippen molar-refractivity contribution in [3.05, 3.63) is 33.8 Å². The fraction of sp³-hybridized carbons (Fsp3) is 0.500. The number of carbonyl (C=O) groups is 1. The molecule has 0 heterocycles. The van der Waals surface area contributed by atoms with Gasteiger partial charge in [-0.05, 0) is 44.4 Å². The molecule has 0 saturated heterocycles. The molecule has 0 aliphatic heterocycles. The summed E-state index contributed by atoms with van der Waals surface area (Å²) in [6.45, 7) is 4.33. The van der Waals surface area contributed by atoms with Gasteiger partial charge in [-0.1, -0.05) is 45.2 Å². The summed E-state index contributed by atoms with van der Waals surface area (Å²) >= 11 is 15.4. The minimum Gasteiger partial charge on any atom is -0.334 e. The first kappa shape index (κ1) is 15.1. The molecule has 1 aromatic rings. The Morgan fingerprint density at radius 3 is 2.47 bits per heavy atom. The maximum atomic E-state index is 12.4. The van der Waals surface area contributed by atoms with Crippen LogP contribution in [0.2, 0.25) is 10.0 Å². The highest BCUT2D eigenvalue weighted by molar-refractivity contribution is 9.10. The molecule has 1 aliphatic rings. The monoisotopic (exact) mass is 363 g/mol. The van der Waals surface area contributed by atoms with Gasteiger partial charge in [0.05, 0.1) is 14.4 Å². The molecular formula is C14H16BrCl2NO. The van der Waals surface area contributed by atoms with Crippen LogP contribution < -0.4 is 0 Å². The third-order valence-corrected chi connectivity index (χ3v) is 4.17. The molecule has 0 bridgehead atoms. The van der Waals surface area contributed by atoms with Gasteiger partial charge in [0, 0.05) is 12.6 Å². The molecular weight excluding hydrogens is 349 g/mol. The van der Waals surface area contributed by atoms with Crippen molar-refractivity contribution >= 4 is 45.0 Å². The van der Waals surface area contributed by atoms with Crippen molar-refractivity contribution in [1.82, 2.24) is 4.90 Å². The average molecular weight is 365 g/mol. The van der Waals surface area contributed by atoms with E-state index < -0.39 is 4.32 Å². The van der Waals surface area contributed by atoms with Crippen LogP contribution in [0.15, 0.2) is 18.2 Å². The number of alkyl halides is 1. The molecule has 1 saturated carbocycles. The van der Waals surface area contributed by atoms with Crippen molar-refractivity contribution in [3.8, 4) is 0 Å². The molecule has 19 heavy (non-hydrogen) atoms. The predicted octanol–water partition coefficient (Wildman–Crippen LogP) is 4.66. The van der Waals surface area contributed by atoms with E-state index in [2.05, 4.69) is 15.9 Å². The number of amides is 1. The molecule has 0 spiro atoms. The van der Waals surface area contributed by atoms with Gasteiger partial charge in [0.25, 0.3) is 0 Å². The molecule has 1 aromatic carbocycles. The first-order valence-electron chi connectivity index (χ1n) is 6.23. The number of benzene rings is 1. The maximum Gasteiger partial charge on any atom is 0.239 e. The average Bonchev–Trinajstić information content (AvgIpc) is 3.12. The molecule has 2 rings (SSSR count). The van der Waals surface area contributed by atoms with E-state index in [-0.39, 0.29) is 5.91 Å². The highest BCUT2D eigenvalue weighted by Crippen LogP contribution is 2.33. The fourth-order valence-electron chi connectivity index (χ4n) is 1.93. The zero-order valence-corrected chi connectivity index (χ0v) is 14.0. The predicted molar refractivity (Wildman–Crippen MR) is 83.0 cm³/mol. The molecule has 1 fully saturated rings. The highest BCUT2D eigenvalue weighted by atomic mass is 79.9. The Balaban J connectivity index is 2.17. The van der Waals surface area contributed by atoms with E-state index in [4.69, 9.17) is 23.2 Å². The van der Waals surface area contributed by atoms with Crippen LogP contribution in [-0.2, 0) is 11.3 Å². The van der Waals surface area contributed by atoms with E-state index in [0.29, 0.717) is 22.6 Å². The van der Waals surface area contributed by atoms with Gasteiger partial charge in [-0.2, -0.15) is 0 Å². The van der Waals surface area contributed by atoms with Gasteiger partial charge in [-0.3, -0.25) is 4.79 Å². The Morgan fingerprint density at radius 1 is 1.37 bits per heavy atom. The lowest BCUT2D eigenvalue weighted by Gasteiger charge is -2.28. The number of hydrogen-bond acceptors (Lipinski definition) is 1. The Kier molecular flexibility index (Phi) is 4.49. The maximum absolute atomic E-state index is 12.4. The van der Waals surface area contributed by atoms with Gasteiger partial charge in [-0.15, -0.1) is 0 Å². The zero-order chi connectivity index (χ0) is 14.2. The zero-order valence-electron chi connectivity index (χ0n) is 10.9. The van der Waals surface area contributed by atoms with Crippen molar-refractivity contribution in [3.63, 3.8) is 0 Å². The molecule has 1 amide bonds. The van der Waals surface area contributed by atoms with Crippen LogP contribution in [0, 0.1) is 0 Å². The summed E-state index contributed by atoms with van der Waals surface area (Å²) in [6, 6.07) is 5.87. The van der Waals surface area contributed by atoms with E-state index in [1.807, 2.05) is 30.9 Å². The molecule has 104 valence electrons. The number of halogens is 3. The number of hydrogen-bond donors (Lipinski definition) is 0. The first-order valence-corrected chi connectivity index (χ1v) is 7.78. The second kappa shape index (κ2) is 5.63. The number of nitrogens with zero attached hydrogens (tertiary/aromatic N) is 1. The lowest BCUT2D eigenvalue weighted by atomic mass is 10.1. The summed E-state index contributed by atoms with van der Waals surface area (Å²) < 4.78 is -0.536. The van der Waals surface area contributed by atoms with Gasteiger partial charge in [0.1, 0.15) is 0 Å². The van der Waals surface area contributed by atoms with E-state index >= 15 is 0 Å². The highest BCUT2D eigenvalue weighted by Gasteiger charge is 2.38. The molecule has 0 aromatic heterocycles. The van der Waals surface area contributed by atoms with E-state index in [1.54, 1.807) is 6.07 Å². The molecule has 0 N–H and O–H groups in total. The van der Waals surface area contributed by atoms with Gasteiger partial charge in [-0.25, -0.2) is 0 Å². The van der Waals surface area contributed by atoms with Crippen LogP contribution >= 0.6 is 39.1 Å². The number of carbonyl (C=O) groups excluding carboxylic acids is 1. The minimum absolute atomic E-state index is 0.112. The standard InChI is InChI=1S/C14H16BrCl2NO/c1-14(2,15)13(19)18(10-4-5-10)8-9-3-6-11(16)12(17)7-9/h3,6-7,10H,4-5,8H2,1-2H3. The first-order chi connectivity index (χ1) is 8.79. The van der Waals surface area contributed by atoms with Gasteiger partial charge >= 0.3 is 0 Å². The molecule has 5 heteroatoms. The largest absolute Gasteiger partial charge is 0.334 e. The van der Waals surface area contributed by atoms with E-state index in [1.165, 1.54) is 0 Å². The SMILES string of the molecule is CC(C)(Br)C(=O)N(Cc1ccc(Cl)c(Cl)c1)C1CC1. The van der Waals surface area contributed by atoms with Gasteiger partial charge < -0.3 is 4.90 Å². The van der Waals surface area contributed by atoms with Crippen LogP contribution in [-0.4, -0.2) is 21.2 Å². The van der Waals surface area contributed by atoms with Gasteiger partial charge in [0.15, 0.2) is 0 Å². The van der Waals surface area contributed by atoms with E-state index in [9.17, 15) is 4.79 Å². The molecule has 2 nitrogen and oxygen atoms in total. The summed E-state index contributed by atoms with van der Waals surface area (Å²) in [5.74, 6) is 0.112. The van der Waals surface area contributed by atoms with Crippen LogP contribution in [0.4, 0.5) is 0 Å². The molecule has 0 atom stereocenters. The van der Waals surface area contributed by atoms with E-state index in [0.717, 1.165) is 18.4 Å². The summed E-state index contributed by atoms with van der Waals surface area (Å²) in [5, 5.41) is 1.07. The van der Waals surface area contributed by atoms with Crippen molar-refractivity contribution in [1.29, 1.82) is 0 Å². The van der Waals surface area contributed by atoms with Crippen LogP contribution in [0.3, 0.4) is 0 Å². The fourth-order valence-corrected chi connectivity index (χ4v) is 2.48. The van der Waals surface area contributed by atoms with Crippen molar-refractivity contribution < 1.29 is 4.79 Å². The second-order valence-electron chi connectivity index (χ2n) is 5.39. The smallest absolute Gasteiger partial charge is 0.239 e. The number of rotatable bonds is 4. The normalized spacial score (nSPS) is 15.4. The molecule has 0 unspecified atom stereocenters. The summed E-state index contributed by atoms with van der Waals surface area (Å²) in [7, 11) is 0. The summed E-state index contributed by atoms with van der Waals surface area (Å²) in [5.41, 5.74) is 1.01. The lowest BCUT2D eigenvalue weighted by Crippen LogP contribution is -2.42. The van der Waals surface area contributed by atoms with Crippen molar-refractivity contribution in [2.75, 3.05) is 0 Å². The Hall–Kier alpha value is -0.250. The Morgan fingerprint density at radius 2 is 2.00 bits per heavy atom. The lowest BCUT2D eigenvalue weighted by molar-refractivity contribution is -0.134. The quantitative estimate of drug-likeness (QED) is 0.711. The second-order valence-corrected chi connectivity index (χ2v) is 8.18. The Labute approximate surface area is 132 Å².